The number of aliphatic hydroxyl groups excluding tert-OH is 1. The van der Waals surface area contributed by atoms with Crippen molar-refractivity contribution in [2.24, 2.45) is 12.8 Å². The molecule has 0 fully saturated rings. The molecule has 0 aliphatic carbocycles. The monoisotopic (exact) mass is 415 g/mol. The Hall–Kier alpha value is -4.36. The largest absolute Gasteiger partial charge is 0.422 e. The molecule has 0 saturated heterocycles. The van der Waals surface area contributed by atoms with Crippen LogP contribution in [0.1, 0.15) is 33.9 Å². The SMILES string of the molecule is Cc1nnc([C@@H](O)C#Cc2cccc(-c3nc(C(N)=O)cc(-c4ccnn4C)n3)c2)o1. The van der Waals surface area contributed by atoms with E-state index in [-0.39, 0.29) is 11.6 Å². The molecule has 154 valence electrons. The van der Waals surface area contributed by atoms with Crippen LogP contribution in [0.15, 0.2) is 47.0 Å². The molecule has 4 aromatic rings. The number of primary amides is 1. The number of carbonyl (C=O) groups excluding carboxylic acids is 1. The molecule has 0 unspecified atom stereocenters. The highest BCUT2D eigenvalue weighted by Gasteiger charge is 2.14. The van der Waals surface area contributed by atoms with Crippen LogP contribution in [0.2, 0.25) is 0 Å². The summed E-state index contributed by atoms with van der Waals surface area (Å²) in [7, 11) is 1.77. The first-order valence-corrected chi connectivity index (χ1v) is 9.18. The minimum atomic E-state index is -1.21. The third-order valence-electron chi connectivity index (χ3n) is 4.31. The average molecular weight is 415 g/mol. The molecule has 1 atom stereocenters. The number of carbonyl (C=O) groups is 1. The summed E-state index contributed by atoms with van der Waals surface area (Å²) < 4.78 is 6.81. The van der Waals surface area contributed by atoms with Gasteiger partial charge in [-0.15, -0.1) is 10.2 Å². The van der Waals surface area contributed by atoms with Crippen molar-refractivity contribution >= 4 is 5.91 Å². The van der Waals surface area contributed by atoms with E-state index in [2.05, 4.69) is 37.1 Å². The van der Waals surface area contributed by atoms with Crippen LogP contribution in [0.25, 0.3) is 22.8 Å². The summed E-state index contributed by atoms with van der Waals surface area (Å²) in [6, 6.07) is 10.4. The smallest absolute Gasteiger partial charge is 0.267 e. The molecule has 10 nitrogen and oxygen atoms in total. The Kier molecular flexibility index (Phi) is 5.26. The number of amides is 1. The lowest BCUT2D eigenvalue weighted by Crippen LogP contribution is -2.14. The van der Waals surface area contributed by atoms with Gasteiger partial charge in [0, 0.05) is 31.3 Å². The van der Waals surface area contributed by atoms with Crippen molar-refractivity contribution in [2.75, 3.05) is 0 Å². The minimum absolute atomic E-state index is 0.0273. The van der Waals surface area contributed by atoms with Crippen LogP contribution in [0.3, 0.4) is 0 Å². The Balaban J connectivity index is 1.71. The van der Waals surface area contributed by atoms with E-state index < -0.39 is 12.0 Å². The summed E-state index contributed by atoms with van der Waals surface area (Å²) in [4.78, 5) is 20.7. The van der Waals surface area contributed by atoms with Crippen molar-refractivity contribution in [1.82, 2.24) is 29.9 Å². The zero-order valence-corrected chi connectivity index (χ0v) is 16.6. The second-order valence-corrected chi connectivity index (χ2v) is 6.58. The van der Waals surface area contributed by atoms with E-state index in [9.17, 15) is 9.90 Å². The van der Waals surface area contributed by atoms with Crippen LogP contribution in [0.5, 0.6) is 0 Å². The van der Waals surface area contributed by atoms with Crippen LogP contribution in [-0.4, -0.2) is 41.0 Å². The number of hydrogen-bond acceptors (Lipinski definition) is 8. The fourth-order valence-corrected chi connectivity index (χ4v) is 2.83. The third kappa shape index (κ3) is 4.31. The minimum Gasteiger partial charge on any atom is -0.422 e. The predicted molar refractivity (Wildman–Crippen MR) is 109 cm³/mol. The van der Waals surface area contributed by atoms with Gasteiger partial charge in [-0.1, -0.05) is 24.0 Å². The van der Waals surface area contributed by atoms with Gasteiger partial charge >= 0.3 is 0 Å². The van der Waals surface area contributed by atoms with Crippen molar-refractivity contribution < 1.29 is 14.3 Å². The highest BCUT2D eigenvalue weighted by Crippen LogP contribution is 2.23. The van der Waals surface area contributed by atoms with Crippen LogP contribution < -0.4 is 5.73 Å². The maximum atomic E-state index is 11.8. The van der Waals surface area contributed by atoms with E-state index in [1.807, 2.05) is 0 Å². The molecule has 31 heavy (non-hydrogen) atoms. The van der Waals surface area contributed by atoms with Crippen LogP contribution in [0.4, 0.5) is 0 Å². The fraction of sp³-hybridized carbons (Fsp3) is 0.143. The second-order valence-electron chi connectivity index (χ2n) is 6.58. The first-order valence-electron chi connectivity index (χ1n) is 9.18. The van der Waals surface area contributed by atoms with Gasteiger partial charge in [0.1, 0.15) is 5.69 Å². The number of aliphatic hydroxyl groups is 1. The highest BCUT2D eigenvalue weighted by molar-refractivity contribution is 5.92. The maximum absolute atomic E-state index is 11.8. The van der Waals surface area contributed by atoms with Crippen LogP contribution in [0, 0.1) is 18.8 Å². The van der Waals surface area contributed by atoms with Gasteiger partial charge in [-0.3, -0.25) is 9.48 Å². The molecular formula is C21H17N7O3. The molecule has 3 N–H and O–H groups in total. The molecule has 0 saturated carbocycles. The topological polar surface area (TPSA) is 146 Å². The summed E-state index contributed by atoms with van der Waals surface area (Å²) in [5, 5.41) is 21.6. The fourth-order valence-electron chi connectivity index (χ4n) is 2.83. The Morgan fingerprint density at radius 3 is 2.74 bits per heavy atom. The Labute approximate surface area is 176 Å². The standard InChI is InChI=1S/C21H17N7O3/c1-12-26-27-21(31-12)18(29)7-6-13-4-3-5-14(10-13)20-24-15(11-16(25-20)19(22)30)17-8-9-23-28(17)2/h3-5,8-11,18,29H,1-2H3,(H2,22,30)/t18-/m0/s1. The van der Waals surface area contributed by atoms with Crippen molar-refractivity contribution in [1.29, 1.82) is 0 Å². The van der Waals surface area contributed by atoms with Gasteiger partial charge in [0.05, 0.1) is 11.4 Å². The van der Waals surface area contributed by atoms with Gasteiger partial charge in [-0.25, -0.2) is 9.97 Å². The van der Waals surface area contributed by atoms with Crippen LogP contribution >= 0.6 is 0 Å². The van der Waals surface area contributed by atoms with E-state index in [4.69, 9.17) is 10.2 Å². The van der Waals surface area contributed by atoms with Gasteiger partial charge in [0.25, 0.3) is 11.8 Å². The van der Waals surface area contributed by atoms with Crippen molar-refractivity contribution in [2.45, 2.75) is 13.0 Å². The molecule has 3 heterocycles. The molecule has 3 aromatic heterocycles. The van der Waals surface area contributed by atoms with Crippen molar-refractivity contribution in [3.63, 3.8) is 0 Å². The Morgan fingerprint density at radius 1 is 1.23 bits per heavy atom. The molecule has 0 spiro atoms. The quantitative estimate of drug-likeness (QED) is 0.476. The number of benzene rings is 1. The normalized spacial score (nSPS) is 11.6. The second kappa shape index (κ2) is 8.17. The summed E-state index contributed by atoms with van der Waals surface area (Å²) in [6.45, 7) is 1.63. The first-order chi connectivity index (χ1) is 14.9. The van der Waals surface area contributed by atoms with E-state index in [1.54, 1.807) is 55.2 Å². The van der Waals surface area contributed by atoms with Crippen molar-refractivity contribution in [3.05, 3.63) is 65.6 Å². The first kappa shape index (κ1) is 19.9. The lowest BCUT2D eigenvalue weighted by atomic mass is 10.1. The van der Waals surface area contributed by atoms with E-state index in [0.717, 1.165) is 0 Å². The lowest BCUT2D eigenvalue weighted by molar-refractivity contribution is 0.0995. The summed E-state index contributed by atoms with van der Waals surface area (Å²) >= 11 is 0. The number of rotatable bonds is 4. The highest BCUT2D eigenvalue weighted by atomic mass is 16.4. The zero-order valence-electron chi connectivity index (χ0n) is 16.6. The molecule has 0 aliphatic heterocycles. The van der Waals surface area contributed by atoms with E-state index >= 15 is 0 Å². The number of aromatic nitrogens is 6. The zero-order chi connectivity index (χ0) is 22.0. The molecule has 4 rings (SSSR count). The van der Waals surface area contributed by atoms with Crippen LogP contribution in [-0.2, 0) is 7.05 Å². The molecule has 10 heteroatoms. The molecule has 0 radical (unpaired) electrons. The third-order valence-corrected chi connectivity index (χ3v) is 4.31. The molecule has 1 aromatic carbocycles. The number of nitrogens with two attached hydrogens (primary N) is 1. The van der Waals surface area contributed by atoms with E-state index in [0.29, 0.717) is 34.2 Å². The van der Waals surface area contributed by atoms with Gasteiger partial charge < -0.3 is 15.3 Å². The van der Waals surface area contributed by atoms with E-state index in [1.165, 1.54) is 6.07 Å². The summed E-state index contributed by atoms with van der Waals surface area (Å²) in [5.74, 6) is 5.53. The maximum Gasteiger partial charge on any atom is 0.267 e. The Bertz CT molecular complexity index is 1330. The molecule has 0 aliphatic rings. The van der Waals surface area contributed by atoms with Gasteiger partial charge in [-0.2, -0.15) is 5.10 Å². The number of nitrogens with zero attached hydrogens (tertiary/aromatic N) is 6. The number of aryl methyl sites for hydroxylation is 2. The van der Waals surface area contributed by atoms with Gasteiger partial charge in [0.15, 0.2) is 11.9 Å². The van der Waals surface area contributed by atoms with Crippen molar-refractivity contribution in [3.8, 4) is 34.6 Å². The number of hydrogen-bond donors (Lipinski definition) is 2. The Morgan fingerprint density at radius 2 is 2.06 bits per heavy atom. The van der Waals surface area contributed by atoms with Gasteiger partial charge in [-0.05, 0) is 24.3 Å². The average Bonchev–Trinajstić information content (AvgIpc) is 3.40. The molecular weight excluding hydrogens is 398 g/mol. The molecule has 0 bridgehead atoms. The summed E-state index contributed by atoms with van der Waals surface area (Å²) in [6.07, 6.45) is 0.420. The lowest BCUT2D eigenvalue weighted by Gasteiger charge is -2.07. The summed E-state index contributed by atoms with van der Waals surface area (Å²) in [5.41, 5.74) is 8.00. The predicted octanol–water partition coefficient (Wildman–Crippen LogP) is 1.42. The van der Waals surface area contributed by atoms with Gasteiger partial charge in [0.2, 0.25) is 5.89 Å². The molecule has 1 amide bonds.